The lowest BCUT2D eigenvalue weighted by Crippen LogP contribution is -2.28. The second-order valence-corrected chi connectivity index (χ2v) is 4.64. The molecule has 0 radical (unpaired) electrons. The van der Waals surface area contributed by atoms with Crippen LogP contribution in [0.25, 0.3) is 0 Å². The Morgan fingerprint density at radius 1 is 1.29 bits per heavy atom. The molecule has 1 N–H and O–H groups in total. The van der Waals surface area contributed by atoms with Gasteiger partial charge in [0.15, 0.2) is 5.69 Å². The van der Waals surface area contributed by atoms with Gasteiger partial charge in [-0.15, -0.1) is 0 Å². The maximum absolute atomic E-state index is 12.6. The van der Waals surface area contributed by atoms with Crippen molar-refractivity contribution < 1.29 is 18.0 Å². The molecule has 0 fully saturated rings. The monoisotopic (exact) mass is 297 g/mol. The molecule has 1 aromatic heterocycles. The fourth-order valence-electron chi connectivity index (χ4n) is 1.91. The second kappa shape index (κ2) is 5.59. The first-order chi connectivity index (χ1) is 9.79. The average molecular weight is 297 g/mol. The molecule has 0 aliphatic rings. The molecule has 0 spiro atoms. The maximum Gasteiger partial charge on any atom is 0.435 e. The van der Waals surface area contributed by atoms with E-state index in [9.17, 15) is 18.0 Å². The highest BCUT2D eigenvalue weighted by Gasteiger charge is 2.35. The van der Waals surface area contributed by atoms with Crippen molar-refractivity contribution in [3.05, 3.63) is 53.3 Å². The zero-order valence-electron chi connectivity index (χ0n) is 11.5. The van der Waals surface area contributed by atoms with Gasteiger partial charge in [0.2, 0.25) is 0 Å². The fourth-order valence-corrected chi connectivity index (χ4v) is 1.91. The molecule has 0 aliphatic heterocycles. The number of hydrogen-bond acceptors (Lipinski definition) is 2. The van der Waals surface area contributed by atoms with E-state index in [0.29, 0.717) is 0 Å². The van der Waals surface area contributed by atoms with Crippen molar-refractivity contribution >= 4 is 5.91 Å². The van der Waals surface area contributed by atoms with Crippen molar-refractivity contribution in [3.63, 3.8) is 0 Å². The number of hydrogen-bond donors (Lipinski definition) is 1. The van der Waals surface area contributed by atoms with Crippen molar-refractivity contribution in [1.29, 1.82) is 0 Å². The van der Waals surface area contributed by atoms with E-state index >= 15 is 0 Å². The Labute approximate surface area is 119 Å². The molecule has 21 heavy (non-hydrogen) atoms. The lowest BCUT2D eigenvalue weighted by molar-refractivity contribution is -0.141. The normalized spacial score (nSPS) is 13.0. The molecule has 0 saturated heterocycles. The van der Waals surface area contributed by atoms with Crippen LogP contribution in [-0.4, -0.2) is 15.7 Å². The first-order valence-electron chi connectivity index (χ1n) is 6.26. The smallest absolute Gasteiger partial charge is 0.344 e. The summed E-state index contributed by atoms with van der Waals surface area (Å²) < 4.78 is 38.6. The molecule has 2 aromatic rings. The van der Waals surface area contributed by atoms with Crippen molar-refractivity contribution in [2.24, 2.45) is 7.05 Å². The number of aryl methyl sites for hydroxylation is 1. The number of halogens is 3. The van der Waals surface area contributed by atoms with Crippen LogP contribution in [0.5, 0.6) is 0 Å². The number of carbonyl (C=O) groups is 1. The van der Waals surface area contributed by atoms with Crippen molar-refractivity contribution in [3.8, 4) is 0 Å². The van der Waals surface area contributed by atoms with Gasteiger partial charge < -0.3 is 5.32 Å². The lowest BCUT2D eigenvalue weighted by atomic mass is 10.1. The number of benzene rings is 1. The van der Waals surface area contributed by atoms with Crippen LogP contribution in [-0.2, 0) is 13.2 Å². The summed E-state index contributed by atoms with van der Waals surface area (Å²) in [5.41, 5.74) is -0.350. The SMILES string of the molecule is CC(NC(=O)c1cc(C(F)(F)F)nn1C)c1ccccc1. The van der Waals surface area contributed by atoms with Gasteiger partial charge in [-0.2, -0.15) is 18.3 Å². The van der Waals surface area contributed by atoms with Crippen LogP contribution >= 0.6 is 0 Å². The first-order valence-corrected chi connectivity index (χ1v) is 6.26. The van der Waals surface area contributed by atoms with E-state index in [1.165, 1.54) is 7.05 Å². The summed E-state index contributed by atoms with van der Waals surface area (Å²) >= 11 is 0. The third-order valence-corrected chi connectivity index (χ3v) is 3.05. The zero-order chi connectivity index (χ0) is 15.6. The highest BCUT2D eigenvalue weighted by atomic mass is 19.4. The number of nitrogens with one attached hydrogen (secondary N) is 1. The highest BCUT2D eigenvalue weighted by molar-refractivity contribution is 5.92. The molecule has 1 amide bonds. The van der Waals surface area contributed by atoms with Crippen LogP contribution in [0.1, 0.15) is 34.7 Å². The summed E-state index contributed by atoms with van der Waals surface area (Å²) in [7, 11) is 1.30. The van der Waals surface area contributed by atoms with Gasteiger partial charge in [0, 0.05) is 13.1 Å². The van der Waals surface area contributed by atoms with Crippen molar-refractivity contribution in [2.75, 3.05) is 0 Å². The molecule has 112 valence electrons. The molecule has 4 nitrogen and oxygen atoms in total. The Balaban J connectivity index is 2.16. The number of aromatic nitrogens is 2. The van der Waals surface area contributed by atoms with Crippen LogP contribution < -0.4 is 5.32 Å². The summed E-state index contributed by atoms with van der Waals surface area (Å²) in [6.07, 6.45) is -4.57. The van der Waals surface area contributed by atoms with Crippen LogP contribution in [0.15, 0.2) is 36.4 Å². The van der Waals surface area contributed by atoms with E-state index in [1.54, 1.807) is 6.92 Å². The molecular formula is C14H14F3N3O. The minimum atomic E-state index is -4.57. The quantitative estimate of drug-likeness (QED) is 0.947. The largest absolute Gasteiger partial charge is 0.435 e. The number of nitrogens with zero attached hydrogens (tertiary/aromatic N) is 2. The molecule has 1 atom stereocenters. The summed E-state index contributed by atoms with van der Waals surface area (Å²) in [5.74, 6) is -0.600. The van der Waals surface area contributed by atoms with Gasteiger partial charge in [0.25, 0.3) is 5.91 Å². The molecule has 0 bridgehead atoms. The fraction of sp³-hybridized carbons (Fsp3) is 0.286. The van der Waals surface area contributed by atoms with Gasteiger partial charge >= 0.3 is 6.18 Å². The topological polar surface area (TPSA) is 46.9 Å². The van der Waals surface area contributed by atoms with E-state index in [0.717, 1.165) is 16.3 Å². The van der Waals surface area contributed by atoms with Crippen LogP contribution in [0, 0.1) is 0 Å². The van der Waals surface area contributed by atoms with Gasteiger partial charge in [-0.25, -0.2) is 0 Å². The molecular weight excluding hydrogens is 283 g/mol. The number of rotatable bonds is 3. The third-order valence-electron chi connectivity index (χ3n) is 3.05. The Morgan fingerprint density at radius 2 is 1.90 bits per heavy atom. The first kappa shape index (κ1) is 15.1. The van der Waals surface area contributed by atoms with Gasteiger partial charge in [-0.05, 0) is 12.5 Å². The molecule has 1 heterocycles. The Hall–Kier alpha value is -2.31. The summed E-state index contributed by atoms with van der Waals surface area (Å²) in [6.45, 7) is 1.76. The summed E-state index contributed by atoms with van der Waals surface area (Å²) in [4.78, 5) is 12.1. The molecule has 1 aromatic carbocycles. The van der Waals surface area contributed by atoms with Crippen LogP contribution in [0.2, 0.25) is 0 Å². The van der Waals surface area contributed by atoms with E-state index in [1.807, 2.05) is 30.3 Å². The highest BCUT2D eigenvalue weighted by Crippen LogP contribution is 2.28. The lowest BCUT2D eigenvalue weighted by Gasteiger charge is -2.14. The average Bonchev–Trinajstić information content (AvgIpc) is 2.82. The summed E-state index contributed by atoms with van der Waals surface area (Å²) in [6, 6.07) is 9.57. The van der Waals surface area contributed by atoms with Gasteiger partial charge in [-0.3, -0.25) is 9.48 Å². The standard InChI is InChI=1S/C14H14F3N3O/c1-9(10-6-4-3-5-7-10)18-13(21)11-8-12(14(15,16)17)19-20(11)2/h3-9H,1-2H3,(H,18,21). The Kier molecular flexibility index (Phi) is 4.02. The van der Waals surface area contributed by atoms with E-state index in [-0.39, 0.29) is 11.7 Å². The molecule has 0 aliphatic carbocycles. The molecule has 1 unspecified atom stereocenters. The summed E-state index contributed by atoms with van der Waals surface area (Å²) in [5, 5.41) is 5.96. The number of alkyl halides is 3. The second-order valence-electron chi connectivity index (χ2n) is 4.64. The van der Waals surface area contributed by atoms with Crippen molar-refractivity contribution in [2.45, 2.75) is 19.1 Å². The van der Waals surface area contributed by atoms with Crippen molar-refractivity contribution in [1.82, 2.24) is 15.1 Å². The van der Waals surface area contributed by atoms with Crippen LogP contribution in [0.4, 0.5) is 13.2 Å². The Bertz CT molecular complexity index is 635. The predicted octanol–water partition coefficient (Wildman–Crippen LogP) is 2.93. The predicted molar refractivity (Wildman–Crippen MR) is 70.5 cm³/mol. The van der Waals surface area contributed by atoms with E-state index in [4.69, 9.17) is 0 Å². The third kappa shape index (κ3) is 3.42. The zero-order valence-corrected chi connectivity index (χ0v) is 11.5. The van der Waals surface area contributed by atoms with Gasteiger partial charge in [0.05, 0.1) is 6.04 Å². The minimum absolute atomic E-state index is 0.134. The van der Waals surface area contributed by atoms with E-state index < -0.39 is 17.8 Å². The van der Waals surface area contributed by atoms with Crippen LogP contribution in [0.3, 0.4) is 0 Å². The Morgan fingerprint density at radius 3 is 2.43 bits per heavy atom. The molecule has 2 rings (SSSR count). The number of carbonyl (C=O) groups excluding carboxylic acids is 1. The maximum atomic E-state index is 12.6. The van der Waals surface area contributed by atoms with E-state index in [2.05, 4.69) is 10.4 Å². The molecule has 0 saturated carbocycles. The minimum Gasteiger partial charge on any atom is -0.344 e. The van der Waals surface area contributed by atoms with Gasteiger partial charge in [-0.1, -0.05) is 30.3 Å². The number of amides is 1. The molecule has 7 heteroatoms. The van der Waals surface area contributed by atoms with Gasteiger partial charge in [0.1, 0.15) is 5.69 Å².